The van der Waals surface area contributed by atoms with Gasteiger partial charge in [-0.2, -0.15) is 5.10 Å². The van der Waals surface area contributed by atoms with Crippen LogP contribution in [0.2, 0.25) is 0 Å². The van der Waals surface area contributed by atoms with Gasteiger partial charge in [-0.25, -0.2) is 4.98 Å². The van der Waals surface area contributed by atoms with Crippen molar-refractivity contribution in [3.05, 3.63) is 53.9 Å². The molecule has 0 saturated heterocycles. The van der Waals surface area contributed by atoms with Crippen LogP contribution in [-0.4, -0.2) is 20.5 Å². The minimum absolute atomic E-state index is 1.08. The molecule has 1 aromatic carbocycles. The average molecular weight is 297 g/mol. The zero-order valence-corrected chi connectivity index (χ0v) is 13.2. The lowest BCUT2D eigenvalue weighted by Crippen LogP contribution is -1.90. The van der Waals surface area contributed by atoms with Gasteiger partial charge < -0.3 is 0 Å². The SMILES string of the molecule is Cc1cc(SCCCc2cnn(C)c2)nc2ccccc12. The molecular formula is C17H19N3S. The number of hydrogen-bond donors (Lipinski definition) is 0. The Hall–Kier alpha value is -1.81. The lowest BCUT2D eigenvalue weighted by Gasteiger charge is -2.06. The molecule has 0 N–H and O–H groups in total. The van der Waals surface area contributed by atoms with E-state index in [1.165, 1.54) is 16.5 Å². The second-order valence-electron chi connectivity index (χ2n) is 5.27. The summed E-state index contributed by atoms with van der Waals surface area (Å²) in [7, 11) is 1.96. The molecule has 0 unspecified atom stereocenters. The van der Waals surface area contributed by atoms with Crippen LogP contribution in [0.25, 0.3) is 10.9 Å². The first kappa shape index (κ1) is 14.1. The number of fused-ring (bicyclic) bond motifs is 1. The van der Waals surface area contributed by atoms with E-state index in [2.05, 4.69) is 42.5 Å². The smallest absolute Gasteiger partial charge is 0.0970 e. The van der Waals surface area contributed by atoms with Crippen LogP contribution in [0.4, 0.5) is 0 Å². The molecule has 3 nitrogen and oxygen atoms in total. The van der Waals surface area contributed by atoms with Crippen LogP contribution in [0, 0.1) is 6.92 Å². The van der Waals surface area contributed by atoms with Crippen LogP contribution in [-0.2, 0) is 13.5 Å². The molecule has 0 radical (unpaired) electrons. The fourth-order valence-electron chi connectivity index (χ4n) is 2.45. The summed E-state index contributed by atoms with van der Waals surface area (Å²) in [5.41, 5.74) is 3.70. The van der Waals surface area contributed by atoms with Gasteiger partial charge >= 0.3 is 0 Å². The predicted octanol–water partition coefficient (Wildman–Crippen LogP) is 4.00. The maximum atomic E-state index is 4.73. The molecule has 0 aliphatic heterocycles. The van der Waals surface area contributed by atoms with E-state index in [4.69, 9.17) is 4.98 Å². The summed E-state index contributed by atoms with van der Waals surface area (Å²) in [5.74, 6) is 1.08. The maximum absolute atomic E-state index is 4.73. The number of aryl methyl sites for hydroxylation is 3. The van der Waals surface area contributed by atoms with Crippen molar-refractivity contribution in [1.82, 2.24) is 14.8 Å². The van der Waals surface area contributed by atoms with Gasteiger partial charge in [-0.3, -0.25) is 4.68 Å². The summed E-state index contributed by atoms with van der Waals surface area (Å²) < 4.78 is 1.86. The van der Waals surface area contributed by atoms with Crippen molar-refractivity contribution in [3.63, 3.8) is 0 Å². The molecule has 0 aliphatic carbocycles. The number of pyridine rings is 1. The second-order valence-corrected chi connectivity index (χ2v) is 6.38. The third kappa shape index (κ3) is 3.45. The largest absolute Gasteiger partial charge is 0.276 e. The van der Waals surface area contributed by atoms with Crippen molar-refractivity contribution in [2.24, 2.45) is 7.05 Å². The first-order chi connectivity index (χ1) is 10.2. The Kier molecular flexibility index (Phi) is 4.25. The summed E-state index contributed by atoms with van der Waals surface area (Å²) in [6.45, 7) is 2.16. The van der Waals surface area contributed by atoms with E-state index in [0.29, 0.717) is 0 Å². The van der Waals surface area contributed by atoms with E-state index in [9.17, 15) is 0 Å². The molecule has 21 heavy (non-hydrogen) atoms. The molecule has 0 spiro atoms. The summed E-state index contributed by atoms with van der Waals surface area (Å²) in [4.78, 5) is 4.73. The molecule has 0 atom stereocenters. The summed E-state index contributed by atoms with van der Waals surface area (Å²) in [6, 6.07) is 10.5. The van der Waals surface area contributed by atoms with Crippen molar-refractivity contribution < 1.29 is 0 Å². The monoisotopic (exact) mass is 297 g/mol. The molecule has 108 valence electrons. The summed E-state index contributed by atoms with van der Waals surface area (Å²) in [5, 5.41) is 6.57. The maximum Gasteiger partial charge on any atom is 0.0970 e. The Labute approximate surface area is 129 Å². The fraction of sp³-hybridized carbons (Fsp3) is 0.294. The summed E-state index contributed by atoms with van der Waals surface area (Å²) >= 11 is 1.84. The lowest BCUT2D eigenvalue weighted by molar-refractivity contribution is 0.766. The van der Waals surface area contributed by atoms with Crippen LogP contribution in [0.1, 0.15) is 17.5 Å². The zero-order chi connectivity index (χ0) is 14.7. The van der Waals surface area contributed by atoms with Gasteiger partial charge in [0.15, 0.2) is 0 Å². The molecular weight excluding hydrogens is 278 g/mol. The standard InChI is InChI=1S/C17H19N3S/c1-13-10-17(19-16-8-4-3-7-15(13)16)21-9-5-6-14-11-18-20(2)12-14/h3-4,7-8,10-12H,5-6,9H2,1-2H3. The molecule has 2 aromatic heterocycles. The molecule has 2 heterocycles. The number of benzene rings is 1. The van der Waals surface area contributed by atoms with E-state index < -0.39 is 0 Å². The Morgan fingerprint density at radius 3 is 2.90 bits per heavy atom. The van der Waals surface area contributed by atoms with Crippen molar-refractivity contribution in [3.8, 4) is 0 Å². The molecule has 4 heteroatoms. The Balaban J connectivity index is 1.60. The third-order valence-corrected chi connectivity index (χ3v) is 4.52. The van der Waals surface area contributed by atoms with E-state index in [0.717, 1.165) is 29.1 Å². The highest BCUT2D eigenvalue weighted by Crippen LogP contribution is 2.24. The molecule has 0 bridgehead atoms. The van der Waals surface area contributed by atoms with Crippen molar-refractivity contribution in [2.45, 2.75) is 24.8 Å². The predicted molar refractivity (Wildman–Crippen MR) is 88.7 cm³/mol. The normalized spacial score (nSPS) is 11.1. The second kappa shape index (κ2) is 6.31. The number of thioether (sulfide) groups is 1. The van der Waals surface area contributed by atoms with Gasteiger partial charge in [0, 0.05) is 18.6 Å². The van der Waals surface area contributed by atoms with Gasteiger partial charge in [0.25, 0.3) is 0 Å². The first-order valence-electron chi connectivity index (χ1n) is 7.19. The van der Waals surface area contributed by atoms with Crippen LogP contribution in [0.3, 0.4) is 0 Å². The van der Waals surface area contributed by atoms with Crippen molar-refractivity contribution >= 4 is 22.7 Å². The van der Waals surface area contributed by atoms with E-state index in [-0.39, 0.29) is 0 Å². The number of aromatic nitrogens is 3. The Morgan fingerprint density at radius 2 is 2.10 bits per heavy atom. The Bertz CT molecular complexity index is 749. The zero-order valence-electron chi connectivity index (χ0n) is 12.4. The van der Waals surface area contributed by atoms with Crippen LogP contribution < -0.4 is 0 Å². The van der Waals surface area contributed by atoms with Crippen LogP contribution in [0.15, 0.2) is 47.8 Å². The average Bonchev–Trinajstić information content (AvgIpc) is 2.89. The first-order valence-corrected chi connectivity index (χ1v) is 8.17. The van der Waals surface area contributed by atoms with E-state index >= 15 is 0 Å². The highest BCUT2D eigenvalue weighted by molar-refractivity contribution is 7.99. The van der Waals surface area contributed by atoms with Crippen LogP contribution in [0.5, 0.6) is 0 Å². The lowest BCUT2D eigenvalue weighted by atomic mass is 10.1. The quantitative estimate of drug-likeness (QED) is 0.527. The molecule has 0 saturated carbocycles. The van der Waals surface area contributed by atoms with Gasteiger partial charge in [0.2, 0.25) is 0 Å². The Morgan fingerprint density at radius 1 is 1.24 bits per heavy atom. The van der Waals surface area contributed by atoms with E-state index in [1.807, 2.05) is 35.8 Å². The number of para-hydroxylation sites is 1. The topological polar surface area (TPSA) is 30.7 Å². The molecule has 3 aromatic rings. The number of nitrogens with zero attached hydrogens (tertiary/aromatic N) is 3. The molecule has 0 fully saturated rings. The van der Waals surface area contributed by atoms with Gasteiger partial charge in [-0.05, 0) is 48.8 Å². The van der Waals surface area contributed by atoms with Gasteiger partial charge in [0.05, 0.1) is 16.7 Å². The van der Waals surface area contributed by atoms with E-state index in [1.54, 1.807) is 0 Å². The van der Waals surface area contributed by atoms with Crippen molar-refractivity contribution in [2.75, 3.05) is 5.75 Å². The number of hydrogen-bond acceptors (Lipinski definition) is 3. The molecule has 0 aliphatic rings. The minimum atomic E-state index is 1.08. The highest BCUT2D eigenvalue weighted by atomic mass is 32.2. The van der Waals surface area contributed by atoms with Gasteiger partial charge in [-0.15, -0.1) is 11.8 Å². The van der Waals surface area contributed by atoms with Gasteiger partial charge in [0.1, 0.15) is 0 Å². The summed E-state index contributed by atoms with van der Waals surface area (Å²) in [6.07, 6.45) is 6.25. The van der Waals surface area contributed by atoms with Crippen molar-refractivity contribution in [1.29, 1.82) is 0 Å². The fourth-order valence-corrected chi connectivity index (χ4v) is 3.37. The molecule has 0 amide bonds. The van der Waals surface area contributed by atoms with Crippen LogP contribution >= 0.6 is 11.8 Å². The number of rotatable bonds is 5. The van der Waals surface area contributed by atoms with Gasteiger partial charge in [-0.1, -0.05) is 18.2 Å². The highest BCUT2D eigenvalue weighted by Gasteiger charge is 2.03. The molecule has 3 rings (SSSR count). The minimum Gasteiger partial charge on any atom is -0.276 e. The third-order valence-electron chi connectivity index (χ3n) is 3.52.